The van der Waals surface area contributed by atoms with Crippen molar-refractivity contribution in [3.05, 3.63) is 47.9 Å². The summed E-state index contributed by atoms with van der Waals surface area (Å²) in [5, 5.41) is 8.72. The highest BCUT2D eigenvalue weighted by molar-refractivity contribution is 5.97. The molecule has 0 aliphatic carbocycles. The van der Waals surface area contributed by atoms with Gasteiger partial charge in [0, 0.05) is 42.1 Å². The Morgan fingerprint density at radius 3 is 2.90 bits per heavy atom. The number of aryl methyl sites for hydroxylation is 1. The molecule has 0 aliphatic heterocycles. The summed E-state index contributed by atoms with van der Waals surface area (Å²) in [5.41, 5.74) is 10.9. The van der Waals surface area contributed by atoms with Gasteiger partial charge in [-0.1, -0.05) is 12.1 Å². The Kier molecular flexibility index (Phi) is 3.02. The molecular formula is C15H17N5. The van der Waals surface area contributed by atoms with Gasteiger partial charge < -0.3 is 11.1 Å². The van der Waals surface area contributed by atoms with Crippen molar-refractivity contribution in [1.29, 1.82) is 0 Å². The van der Waals surface area contributed by atoms with Crippen LogP contribution in [0.4, 0.5) is 11.4 Å². The highest BCUT2D eigenvalue weighted by Gasteiger charge is 2.06. The van der Waals surface area contributed by atoms with E-state index < -0.39 is 0 Å². The summed E-state index contributed by atoms with van der Waals surface area (Å²) < 4.78 is 1.87. The Labute approximate surface area is 117 Å². The summed E-state index contributed by atoms with van der Waals surface area (Å²) in [6.07, 6.45) is 3.66. The standard InChI is InChI=1S/C15H17N5/c1-10-11(9-19-20(10)2)8-18-14-6-7-17-15-12(14)4-3-5-13(15)16/h3-7,9H,8,16H2,1-2H3,(H,17,18). The molecule has 102 valence electrons. The van der Waals surface area contributed by atoms with Crippen LogP contribution in [0.3, 0.4) is 0 Å². The Morgan fingerprint density at radius 2 is 2.15 bits per heavy atom. The number of nitrogens with one attached hydrogen (secondary N) is 1. The average molecular weight is 267 g/mol. The van der Waals surface area contributed by atoms with Crippen molar-refractivity contribution in [2.75, 3.05) is 11.1 Å². The quantitative estimate of drug-likeness (QED) is 0.715. The molecule has 0 saturated heterocycles. The molecule has 5 nitrogen and oxygen atoms in total. The molecule has 3 rings (SSSR count). The van der Waals surface area contributed by atoms with Gasteiger partial charge in [-0.3, -0.25) is 9.67 Å². The molecule has 2 aromatic heterocycles. The molecule has 0 unspecified atom stereocenters. The second kappa shape index (κ2) is 4.85. The van der Waals surface area contributed by atoms with E-state index in [1.807, 2.05) is 42.2 Å². The number of nitrogen functional groups attached to an aromatic ring is 1. The van der Waals surface area contributed by atoms with Crippen LogP contribution in [0.25, 0.3) is 10.9 Å². The number of hydrogen-bond donors (Lipinski definition) is 2. The normalized spacial score (nSPS) is 10.9. The van der Waals surface area contributed by atoms with E-state index in [1.54, 1.807) is 6.20 Å². The monoisotopic (exact) mass is 267 g/mol. The summed E-state index contributed by atoms with van der Waals surface area (Å²) in [5.74, 6) is 0. The molecule has 20 heavy (non-hydrogen) atoms. The molecule has 2 heterocycles. The summed E-state index contributed by atoms with van der Waals surface area (Å²) in [6.45, 7) is 2.79. The van der Waals surface area contributed by atoms with Crippen LogP contribution in [-0.4, -0.2) is 14.8 Å². The first kappa shape index (κ1) is 12.5. The smallest absolute Gasteiger partial charge is 0.0951 e. The van der Waals surface area contributed by atoms with Crippen LogP contribution in [-0.2, 0) is 13.6 Å². The number of para-hydroxylation sites is 1. The lowest BCUT2D eigenvalue weighted by atomic mass is 10.1. The molecule has 0 saturated carbocycles. The van der Waals surface area contributed by atoms with Crippen LogP contribution >= 0.6 is 0 Å². The molecule has 0 atom stereocenters. The number of nitrogens with zero attached hydrogens (tertiary/aromatic N) is 3. The third kappa shape index (κ3) is 2.07. The van der Waals surface area contributed by atoms with Gasteiger partial charge in [-0.15, -0.1) is 0 Å². The highest BCUT2D eigenvalue weighted by atomic mass is 15.3. The van der Waals surface area contributed by atoms with E-state index in [1.165, 1.54) is 5.56 Å². The molecular weight excluding hydrogens is 250 g/mol. The van der Waals surface area contributed by atoms with E-state index in [0.29, 0.717) is 5.69 Å². The lowest BCUT2D eigenvalue weighted by Crippen LogP contribution is -2.02. The first-order valence-corrected chi connectivity index (χ1v) is 6.51. The Balaban J connectivity index is 1.92. The molecule has 0 bridgehead atoms. The lowest BCUT2D eigenvalue weighted by molar-refractivity contribution is 0.738. The Bertz CT molecular complexity index is 760. The number of hydrogen-bond acceptors (Lipinski definition) is 4. The third-order valence-electron chi connectivity index (χ3n) is 3.61. The van der Waals surface area contributed by atoms with E-state index in [4.69, 9.17) is 5.73 Å². The van der Waals surface area contributed by atoms with Gasteiger partial charge >= 0.3 is 0 Å². The van der Waals surface area contributed by atoms with Gasteiger partial charge in [0.2, 0.25) is 0 Å². The number of nitrogens with two attached hydrogens (primary N) is 1. The lowest BCUT2D eigenvalue weighted by Gasteiger charge is -2.10. The number of anilines is 2. The molecule has 0 aliphatic rings. The van der Waals surface area contributed by atoms with Crippen LogP contribution in [0.2, 0.25) is 0 Å². The van der Waals surface area contributed by atoms with Gasteiger partial charge in [0.15, 0.2) is 0 Å². The van der Waals surface area contributed by atoms with Crippen molar-refractivity contribution in [3.63, 3.8) is 0 Å². The van der Waals surface area contributed by atoms with Crippen molar-refractivity contribution < 1.29 is 0 Å². The predicted octanol–water partition coefficient (Wildman–Crippen LogP) is 2.47. The van der Waals surface area contributed by atoms with E-state index >= 15 is 0 Å². The molecule has 0 amide bonds. The summed E-state index contributed by atoms with van der Waals surface area (Å²) in [6, 6.07) is 7.80. The van der Waals surface area contributed by atoms with Gasteiger partial charge in [-0.05, 0) is 19.1 Å². The number of benzene rings is 1. The summed E-state index contributed by atoms with van der Waals surface area (Å²) >= 11 is 0. The van der Waals surface area contributed by atoms with Crippen LogP contribution in [0.15, 0.2) is 36.7 Å². The van der Waals surface area contributed by atoms with Gasteiger partial charge in [-0.25, -0.2) is 0 Å². The maximum atomic E-state index is 5.96. The SMILES string of the molecule is Cc1c(CNc2ccnc3c(N)cccc23)cnn1C. The van der Waals surface area contributed by atoms with E-state index in [-0.39, 0.29) is 0 Å². The zero-order valence-corrected chi connectivity index (χ0v) is 11.6. The minimum absolute atomic E-state index is 0.698. The van der Waals surface area contributed by atoms with Crippen molar-refractivity contribution in [2.45, 2.75) is 13.5 Å². The van der Waals surface area contributed by atoms with Crippen molar-refractivity contribution in [1.82, 2.24) is 14.8 Å². The van der Waals surface area contributed by atoms with Crippen molar-refractivity contribution in [3.8, 4) is 0 Å². The summed E-state index contributed by atoms with van der Waals surface area (Å²) in [4.78, 5) is 4.34. The second-order valence-electron chi connectivity index (χ2n) is 4.83. The van der Waals surface area contributed by atoms with Crippen LogP contribution < -0.4 is 11.1 Å². The number of fused-ring (bicyclic) bond motifs is 1. The van der Waals surface area contributed by atoms with Crippen LogP contribution in [0, 0.1) is 6.92 Å². The molecule has 0 radical (unpaired) electrons. The van der Waals surface area contributed by atoms with Gasteiger partial charge in [0.1, 0.15) is 0 Å². The van der Waals surface area contributed by atoms with Gasteiger partial charge in [-0.2, -0.15) is 5.10 Å². The number of pyridine rings is 1. The summed E-state index contributed by atoms with van der Waals surface area (Å²) in [7, 11) is 1.95. The average Bonchev–Trinajstić information content (AvgIpc) is 2.77. The molecule has 3 aromatic rings. The number of aromatic nitrogens is 3. The third-order valence-corrected chi connectivity index (χ3v) is 3.61. The van der Waals surface area contributed by atoms with Crippen molar-refractivity contribution in [2.24, 2.45) is 7.05 Å². The van der Waals surface area contributed by atoms with E-state index in [2.05, 4.69) is 22.3 Å². The topological polar surface area (TPSA) is 68.8 Å². The maximum absolute atomic E-state index is 5.96. The minimum Gasteiger partial charge on any atom is -0.397 e. The van der Waals surface area contributed by atoms with Gasteiger partial charge in [0.25, 0.3) is 0 Å². The zero-order chi connectivity index (χ0) is 14.1. The van der Waals surface area contributed by atoms with E-state index in [0.717, 1.165) is 28.8 Å². The second-order valence-corrected chi connectivity index (χ2v) is 4.83. The molecule has 0 spiro atoms. The fourth-order valence-electron chi connectivity index (χ4n) is 2.26. The molecule has 1 aromatic carbocycles. The zero-order valence-electron chi connectivity index (χ0n) is 11.6. The molecule has 5 heteroatoms. The minimum atomic E-state index is 0.698. The first-order chi connectivity index (χ1) is 9.66. The van der Waals surface area contributed by atoms with Crippen molar-refractivity contribution >= 4 is 22.3 Å². The largest absolute Gasteiger partial charge is 0.397 e. The fourth-order valence-corrected chi connectivity index (χ4v) is 2.26. The van der Waals surface area contributed by atoms with Crippen LogP contribution in [0.5, 0.6) is 0 Å². The Hall–Kier alpha value is -2.56. The number of rotatable bonds is 3. The first-order valence-electron chi connectivity index (χ1n) is 6.51. The predicted molar refractivity (Wildman–Crippen MR) is 81.4 cm³/mol. The fraction of sp³-hybridized carbons (Fsp3) is 0.200. The van der Waals surface area contributed by atoms with E-state index in [9.17, 15) is 0 Å². The highest BCUT2D eigenvalue weighted by Crippen LogP contribution is 2.25. The molecule has 3 N–H and O–H groups in total. The van der Waals surface area contributed by atoms with Gasteiger partial charge in [0.05, 0.1) is 17.4 Å². The molecule has 0 fully saturated rings. The Morgan fingerprint density at radius 1 is 1.30 bits per heavy atom. The van der Waals surface area contributed by atoms with Crippen LogP contribution in [0.1, 0.15) is 11.3 Å². The maximum Gasteiger partial charge on any atom is 0.0951 e.